The summed E-state index contributed by atoms with van der Waals surface area (Å²) in [7, 11) is 0. The van der Waals surface area contributed by atoms with Gasteiger partial charge < -0.3 is 19.9 Å². The normalized spacial score (nSPS) is 30.0. The lowest BCUT2D eigenvalue weighted by Gasteiger charge is -2.32. The van der Waals surface area contributed by atoms with E-state index in [0.717, 1.165) is 32.4 Å². The second-order valence-corrected chi connectivity index (χ2v) is 5.71. The second-order valence-electron chi connectivity index (χ2n) is 5.71. The lowest BCUT2D eigenvalue weighted by molar-refractivity contribution is -0.0360. The van der Waals surface area contributed by atoms with Gasteiger partial charge in [-0.15, -0.1) is 0 Å². The van der Waals surface area contributed by atoms with Gasteiger partial charge in [0, 0.05) is 6.42 Å². The maximum Gasteiger partial charge on any atom is 0.0837 e. The highest BCUT2D eigenvalue weighted by atomic mass is 16.6. The first-order valence-electron chi connectivity index (χ1n) is 6.76. The summed E-state index contributed by atoms with van der Waals surface area (Å²) in [5, 5.41) is 13.1. The maximum absolute atomic E-state index is 9.71. The molecule has 2 saturated heterocycles. The van der Waals surface area contributed by atoms with Gasteiger partial charge in [0.2, 0.25) is 0 Å². The molecule has 0 aromatic heterocycles. The number of aliphatic hydroxyl groups is 1. The first-order valence-corrected chi connectivity index (χ1v) is 6.76. The van der Waals surface area contributed by atoms with Crippen LogP contribution in [0.3, 0.4) is 0 Å². The van der Waals surface area contributed by atoms with Crippen LogP contribution in [0, 0.1) is 5.92 Å². The molecule has 2 N–H and O–H groups in total. The van der Waals surface area contributed by atoms with E-state index in [1.165, 1.54) is 0 Å². The number of aliphatic hydroxyl groups excluding tert-OH is 1. The van der Waals surface area contributed by atoms with Crippen molar-refractivity contribution in [2.75, 3.05) is 26.3 Å². The molecule has 0 radical (unpaired) electrons. The lowest BCUT2D eigenvalue weighted by Crippen LogP contribution is -2.41. The average molecular weight is 243 g/mol. The first kappa shape index (κ1) is 13.3. The Hall–Kier alpha value is -0.160. The van der Waals surface area contributed by atoms with Crippen LogP contribution in [0.15, 0.2) is 0 Å². The summed E-state index contributed by atoms with van der Waals surface area (Å²) in [5.74, 6) is 0.255. The van der Waals surface area contributed by atoms with Crippen molar-refractivity contribution < 1.29 is 14.6 Å². The molecule has 0 aromatic carbocycles. The van der Waals surface area contributed by atoms with Gasteiger partial charge in [-0.3, -0.25) is 0 Å². The molecule has 17 heavy (non-hydrogen) atoms. The average Bonchev–Trinajstić information content (AvgIpc) is 2.70. The standard InChI is InChI=1S/C13H25NO3/c1-10(2)12(15)9-16-11-7-13(17-8-11)3-5-14-6-4-13/h10-12,14-15H,3-9H2,1-2H3. The van der Waals surface area contributed by atoms with Crippen molar-refractivity contribution in [1.82, 2.24) is 5.32 Å². The van der Waals surface area contributed by atoms with Crippen molar-refractivity contribution in [1.29, 1.82) is 0 Å². The molecule has 0 aliphatic carbocycles. The van der Waals surface area contributed by atoms with E-state index in [-0.39, 0.29) is 23.7 Å². The van der Waals surface area contributed by atoms with Gasteiger partial charge in [0.25, 0.3) is 0 Å². The highest BCUT2D eigenvalue weighted by Gasteiger charge is 2.41. The summed E-state index contributed by atoms with van der Waals surface area (Å²) < 4.78 is 11.7. The molecule has 2 fully saturated rings. The van der Waals surface area contributed by atoms with Crippen LogP contribution in [-0.4, -0.2) is 49.2 Å². The molecule has 2 unspecified atom stereocenters. The fourth-order valence-corrected chi connectivity index (χ4v) is 2.57. The summed E-state index contributed by atoms with van der Waals surface area (Å²) in [6.07, 6.45) is 2.96. The Labute approximate surface area is 104 Å². The van der Waals surface area contributed by atoms with Gasteiger partial charge in [0.1, 0.15) is 0 Å². The molecule has 1 spiro atoms. The van der Waals surface area contributed by atoms with Crippen LogP contribution in [-0.2, 0) is 9.47 Å². The largest absolute Gasteiger partial charge is 0.390 e. The van der Waals surface area contributed by atoms with E-state index in [9.17, 15) is 5.11 Å². The van der Waals surface area contributed by atoms with Crippen molar-refractivity contribution in [3.05, 3.63) is 0 Å². The van der Waals surface area contributed by atoms with Crippen LogP contribution in [0.4, 0.5) is 0 Å². The molecule has 0 saturated carbocycles. The minimum absolute atomic E-state index is 0.0543. The van der Waals surface area contributed by atoms with Crippen molar-refractivity contribution in [3.63, 3.8) is 0 Å². The predicted molar refractivity (Wildman–Crippen MR) is 66.0 cm³/mol. The topological polar surface area (TPSA) is 50.7 Å². The van der Waals surface area contributed by atoms with E-state index in [2.05, 4.69) is 5.32 Å². The van der Waals surface area contributed by atoms with Crippen LogP contribution in [0.25, 0.3) is 0 Å². The van der Waals surface area contributed by atoms with E-state index >= 15 is 0 Å². The molecular weight excluding hydrogens is 218 g/mol. The van der Waals surface area contributed by atoms with Gasteiger partial charge in [-0.2, -0.15) is 0 Å². The zero-order valence-electron chi connectivity index (χ0n) is 10.9. The van der Waals surface area contributed by atoms with Crippen molar-refractivity contribution in [2.45, 2.75) is 50.9 Å². The van der Waals surface area contributed by atoms with E-state index in [4.69, 9.17) is 9.47 Å². The van der Waals surface area contributed by atoms with E-state index in [0.29, 0.717) is 13.2 Å². The van der Waals surface area contributed by atoms with Gasteiger partial charge >= 0.3 is 0 Å². The molecule has 2 heterocycles. The number of rotatable bonds is 4. The minimum Gasteiger partial charge on any atom is -0.390 e. The molecule has 4 nitrogen and oxygen atoms in total. The Kier molecular flexibility index (Phi) is 4.42. The molecule has 2 atom stereocenters. The molecule has 2 aliphatic rings. The van der Waals surface area contributed by atoms with Crippen LogP contribution in [0.2, 0.25) is 0 Å². The molecule has 2 aliphatic heterocycles. The Bertz CT molecular complexity index is 239. The van der Waals surface area contributed by atoms with Gasteiger partial charge in [0.05, 0.1) is 31.0 Å². The summed E-state index contributed by atoms with van der Waals surface area (Å²) in [4.78, 5) is 0. The van der Waals surface area contributed by atoms with E-state index in [1.807, 2.05) is 13.8 Å². The van der Waals surface area contributed by atoms with E-state index in [1.54, 1.807) is 0 Å². The third-order valence-electron chi connectivity index (χ3n) is 3.96. The Morgan fingerprint density at radius 2 is 2.12 bits per heavy atom. The lowest BCUT2D eigenvalue weighted by atomic mass is 9.89. The maximum atomic E-state index is 9.71. The van der Waals surface area contributed by atoms with Gasteiger partial charge in [-0.25, -0.2) is 0 Å². The Morgan fingerprint density at radius 1 is 1.41 bits per heavy atom. The SMILES string of the molecule is CC(C)C(O)COC1COC2(CCNCC2)C1. The zero-order valence-corrected chi connectivity index (χ0v) is 10.9. The molecule has 2 rings (SSSR count). The quantitative estimate of drug-likeness (QED) is 0.771. The fourth-order valence-electron chi connectivity index (χ4n) is 2.57. The Balaban J connectivity index is 1.74. The van der Waals surface area contributed by atoms with Crippen LogP contribution in [0.5, 0.6) is 0 Å². The summed E-state index contributed by atoms with van der Waals surface area (Å²) in [6.45, 7) is 7.22. The molecule has 4 heteroatoms. The molecule has 0 amide bonds. The number of hydrogen-bond acceptors (Lipinski definition) is 4. The zero-order chi connectivity index (χ0) is 12.3. The summed E-state index contributed by atoms with van der Waals surface area (Å²) >= 11 is 0. The van der Waals surface area contributed by atoms with Gasteiger partial charge in [-0.1, -0.05) is 13.8 Å². The number of nitrogens with one attached hydrogen (secondary N) is 1. The highest BCUT2D eigenvalue weighted by Crippen LogP contribution is 2.35. The highest BCUT2D eigenvalue weighted by molar-refractivity contribution is 4.93. The smallest absolute Gasteiger partial charge is 0.0837 e. The van der Waals surface area contributed by atoms with Crippen molar-refractivity contribution in [3.8, 4) is 0 Å². The van der Waals surface area contributed by atoms with Crippen molar-refractivity contribution >= 4 is 0 Å². The van der Waals surface area contributed by atoms with Crippen LogP contribution >= 0.6 is 0 Å². The number of hydrogen-bond donors (Lipinski definition) is 2. The van der Waals surface area contributed by atoms with Crippen LogP contribution < -0.4 is 5.32 Å². The third-order valence-corrected chi connectivity index (χ3v) is 3.96. The second kappa shape index (κ2) is 5.65. The fraction of sp³-hybridized carbons (Fsp3) is 1.00. The molecule has 100 valence electrons. The minimum atomic E-state index is -0.362. The van der Waals surface area contributed by atoms with Gasteiger partial charge in [-0.05, 0) is 31.8 Å². The Morgan fingerprint density at radius 3 is 2.76 bits per heavy atom. The number of ether oxygens (including phenoxy) is 2. The van der Waals surface area contributed by atoms with Crippen molar-refractivity contribution in [2.24, 2.45) is 5.92 Å². The predicted octanol–water partition coefficient (Wildman–Crippen LogP) is 0.931. The molecule has 0 aromatic rings. The molecule has 0 bridgehead atoms. The van der Waals surface area contributed by atoms with E-state index < -0.39 is 0 Å². The van der Waals surface area contributed by atoms with Crippen LogP contribution in [0.1, 0.15) is 33.1 Å². The van der Waals surface area contributed by atoms with Gasteiger partial charge in [0.15, 0.2) is 0 Å². The number of piperidine rings is 1. The summed E-state index contributed by atoms with van der Waals surface area (Å²) in [5.41, 5.74) is 0.0543. The molecular formula is C13H25NO3. The monoisotopic (exact) mass is 243 g/mol. The summed E-state index contributed by atoms with van der Waals surface area (Å²) in [6, 6.07) is 0. The first-order chi connectivity index (χ1) is 8.11. The third kappa shape index (κ3) is 3.41.